The smallest absolute Gasteiger partial charge is 0.0461 e. The molecular formula is C42H49N. The van der Waals surface area contributed by atoms with Gasteiger partial charge in [-0.05, 0) is 109 Å². The molecule has 222 valence electrons. The van der Waals surface area contributed by atoms with E-state index >= 15 is 0 Å². The van der Waals surface area contributed by atoms with Gasteiger partial charge in [0.25, 0.3) is 0 Å². The Morgan fingerprint density at radius 3 is 1.26 bits per heavy atom. The first-order valence-electron chi connectivity index (χ1n) is 17.5. The number of anilines is 3. The SMILES string of the molecule is c1ccc(C2(c3ccc(N(c4ccc(C5CCCCC5)cc4)c4ccc(C5CCCCC5)cc4)cc3)CCCCC2)cc1. The molecule has 0 heterocycles. The molecule has 0 bridgehead atoms. The molecule has 4 aromatic carbocycles. The largest absolute Gasteiger partial charge is 0.311 e. The monoisotopic (exact) mass is 567 g/mol. The second kappa shape index (κ2) is 13.1. The van der Waals surface area contributed by atoms with Gasteiger partial charge in [0.1, 0.15) is 0 Å². The number of hydrogen-bond acceptors (Lipinski definition) is 1. The standard InChI is InChI=1S/C42H49N/c1-5-13-33(14-6-1)35-19-25-39(26-20-35)43(40-27-21-36(22-28-40)34-15-7-2-8-16-34)41-29-23-38(24-30-41)42(31-11-4-12-32-42)37-17-9-3-10-18-37/h3,9-10,17-30,33-34H,1-2,4-8,11-16,31-32H2. The Bertz CT molecular complexity index is 1350. The number of hydrogen-bond donors (Lipinski definition) is 0. The van der Waals surface area contributed by atoms with Crippen LogP contribution in [0.25, 0.3) is 0 Å². The van der Waals surface area contributed by atoms with Crippen LogP contribution in [-0.4, -0.2) is 0 Å². The van der Waals surface area contributed by atoms with E-state index in [1.54, 1.807) is 0 Å². The lowest BCUT2D eigenvalue weighted by atomic mass is 9.65. The molecule has 0 saturated heterocycles. The van der Waals surface area contributed by atoms with Crippen molar-refractivity contribution in [3.05, 3.63) is 125 Å². The van der Waals surface area contributed by atoms with Crippen LogP contribution in [0.3, 0.4) is 0 Å². The second-order valence-corrected chi connectivity index (χ2v) is 13.7. The van der Waals surface area contributed by atoms with Gasteiger partial charge in [0.2, 0.25) is 0 Å². The van der Waals surface area contributed by atoms with Gasteiger partial charge in [-0.3, -0.25) is 0 Å². The molecule has 7 rings (SSSR count). The Labute approximate surface area is 260 Å². The normalized spacial score (nSPS) is 19.6. The van der Waals surface area contributed by atoms with Crippen LogP contribution >= 0.6 is 0 Å². The Morgan fingerprint density at radius 1 is 0.395 bits per heavy atom. The van der Waals surface area contributed by atoms with E-state index in [1.165, 1.54) is 136 Å². The van der Waals surface area contributed by atoms with Crippen molar-refractivity contribution in [2.75, 3.05) is 4.90 Å². The summed E-state index contributed by atoms with van der Waals surface area (Å²) in [6.45, 7) is 0. The topological polar surface area (TPSA) is 3.24 Å². The molecule has 4 aromatic rings. The predicted octanol–water partition coefficient (Wildman–Crippen LogP) is 12.5. The zero-order valence-corrected chi connectivity index (χ0v) is 26.0. The molecule has 0 N–H and O–H groups in total. The van der Waals surface area contributed by atoms with Gasteiger partial charge >= 0.3 is 0 Å². The molecule has 0 aromatic heterocycles. The molecule has 3 aliphatic carbocycles. The maximum absolute atomic E-state index is 2.48. The summed E-state index contributed by atoms with van der Waals surface area (Å²) in [5.74, 6) is 1.46. The van der Waals surface area contributed by atoms with Crippen LogP contribution in [0.4, 0.5) is 17.1 Å². The van der Waals surface area contributed by atoms with E-state index in [9.17, 15) is 0 Å². The first-order valence-corrected chi connectivity index (χ1v) is 17.5. The molecule has 0 radical (unpaired) electrons. The van der Waals surface area contributed by atoms with E-state index in [4.69, 9.17) is 0 Å². The Hall–Kier alpha value is -3.32. The summed E-state index contributed by atoms with van der Waals surface area (Å²) >= 11 is 0. The lowest BCUT2D eigenvalue weighted by Gasteiger charge is -2.39. The molecule has 1 heteroatoms. The van der Waals surface area contributed by atoms with E-state index in [-0.39, 0.29) is 5.41 Å². The van der Waals surface area contributed by atoms with Crippen molar-refractivity contribution in [1.82, 2.24) is 0 Å². The molecule has 0 unspecified atom stereocenters. The first-order chi connectivity index (χ1) is 21.3. The minimum absolute atomic E-state index is 0.131. The highest BCUT2D eigenvalue weighted by atomic mass is 15.1. The van der Waals surface area contributed by atoms with Crippen LogP contribution < -0.4 is 4.90 Å². The van der Waals surface area contributed by atoms with Crippen LogP contribution in [0.5, 0.6) is 0 Å². The van der Waals surface area contributed by atoms with Crippen molar-refractivity contribution in [3.63, 3.8) is 0 Å². The molecule has 1 nitrogen and oxygen atoms in total. The minimum Gasteiger partial charge on any atom is -0.311 e. The van der Waals surface area contributed by atoms with E-state index < -0.39 is 0 Å². The minimum atomic E-state index is 0.131. The molecule has 0 amide bonds. The van der Waals surface area contributed by atoms with Crippen molar-refractivity contribution in [1.29, 1.82) is 0 Å². The lowest BCUT2D eigenvalue weighted by Crippen LogP contribution is -2.30. The maximum atomic E-state index is 2.48. The van der Waals surface area contributed by atoms with Gasteiger partial charge in [-0.1, -0.05) is 125 Å². The Morgan fingerprint density at radius 2 is 0.791 bits per heavy atom. The summed E-state index contributed by atoms with van der Waals surface area (Å²) in [6.07, 6.45) is 20.1. The van der Waals surface area contributed by atoms with E-state index in [0.717, 1.165) is 11.8 Å². The van der Waals surface area contributed by atoms with Crippen LogP contribution in [0.1, 0.15) is 130 Å². The van der Waals surface area contributed by atoms with Crippen LogP contribution in [0.15, 0.2) is 103 Å². The maximum Gasteiger partial charge on any atom is 0.0461 e. The van der Waals surface area contributed by atoms with Gasteiger partial charge in [-0.2, -0.15) is 0 Å². The molecule has 3 aliphatic rings. The Kier molecular flexibility index (Phi) is 8.69. The number of benzene rings is 4. The van der Waals surface area contributed by atoms with E-state index in [0.29, 0.717) is 0 Å². The summed E-state index contributed by atoms with van der Waals surface area (Å²) in [7, 11) is 0. The summed E-state index contributed by atoms with van der Waals surface area (Å²) in [5.41, 5.74) is 9.90. The summed E-state index contributed by atoms with van der Waals surface area (Å²) in [4.78, 5) is 2.48. The van der Waals surface area contributed by atoms with Gasteiger partial charge in [-0.25, -0.2) is 0 Å². The van der Waals surface area contributed by atoms with Gasteiger partial charge in [0.15, 0.2) is 0 Å². The highest BCUT2D eigenvalue weighted by Gasteiger charge is 2.35. The highest BCUT2D eigenvalue weighted by Crippen LogP contribution is 2.46. The summed E-state index contributed by atoms with van der Waals surface area (Å²) in [6, 6.07) is 40.1. The van der Waals surface area contributed by atoms with Gasteiger partial charge < -0.3 is 4.90 Å². The lowest BCUT2D eigenvalue weighted by molar-refractivity contribution is 0.346. The fraction of sp³-hybridized carbons (Fsp3) is 0.429. The predicted molar refractivity (Wildman–Crippen MR) is 183 cm³/mol. The first kappa shape index (κ1) is 28.5. The molecule has 3 fully saturated rings. The summed E-state index contributed by atoms with van der Waals surface area (Å²) < 4.78 is 0. The fourth-order valence-electron chi connectivity index (χ4n) is 8.70. The summed E-state index contributed by atoms with van der Waals surface area (Å²) in [5, 5.41) is 0. The van der Waals surface area contributed by atoms with Crippen LogP contribution in [0, 0.1) is 0 Å². The quantitative estimate of drug-likeness (QED) is 0.215. The number of rotatable bonds is 7. The van der Waals surface area contributed by atoms with Gasteiger partial charge in [0.05, 0.1) is 0 Å². The molecule has 3 saturated carbocycles. The zero-order chi connectivity index (χ0) is 28.9. The van der Waals surface area contributed by atoms with Gasteiger partial charge in [-0.15, -0.1) is 0 Å². The Balaban J connectivity index is 1.23. The zero-order valence-electron chi connectivity index (χ0n) is 26.0. The molecule has 0 atom stereocenters. The number of nitrogens with zero attached hydrogens (tertiary/aromatic N) is 1. The highest BCUT2D eigenvalue weighted by molar-refractivity contribution is 5.77. The van der Waals surface area contributed by atoms with Crippen LogP contribution in [-0.2, 0) is 5.41 Å². The van der Waals surface area contributed by atoms with E-state index in [1.807, 2.05) is 0 Å². The third-order valence-corrected chi connectivity index (χ3v) is 11.2. The third-order valence-electron chi connectivity index (χ3n) is 11.2. The molecular weight excluding hydrogens is 518 g/mol. The average molecular weight is 568 g/mol. The average Bonchev–Trinajstić information content (AvgIpc) is 3.11. The second-order valence-electron chi connectivity index (χ2n) is 13.7. The molecule has 0 aliphatic heterocycles. The van der Waals surface area contributed by atoms with Crippen molar-refractivity contribution >= 4 is 17.1 Å². The van der Waals surface area contributed by atoms with Crippen molar-refractivity contribution < 1.29 is 0 Å². The molecule has 0 spiro atoms. The van der Waals surface area contributed by atoms with Crippen molar-refractivity contribution in [2.24, 2.45) is 0 Å². The molecule has 43 heavy (non-hydrogen) atoms. The van der Waals surface area contributed by atoms with Crippen LogP contribution in [0.2, 0.25) is 0 Å². The van der Waals surface area contributed by atoms with Crippen molar-refractivity contribution in [2.45, 2.75) is 114 Å². The third kappa shape index (κ3) is 6.06. The van der Waals surface area contributed by atoms with Gasteiger partial charge in [0, 0.05) is 22.5 Å². The fourth-order valence-corrected chi connectivity index (χ4v) is 8.70. The van der Waals surface area contributed by atoms with Crippen molar-refractivity contribution in [3.8, 4) is 0 Å². The van der Waals surface area contributed by atoms with E-state index in [2.05, 4.69) is 108 Å².